The van der Waals surface area contributed by atoms with E-state index in [1.165, 1.54) is 0 Å². The lowest BCUT2D eigenvalue weighted by molar-refractivity contribution is 0.0955. The molecule has 2 rings (SSSR count). The highest BCUT2D eigenvalue weighted by Crippen LogP contribution is 2.12. The van der Waals surface area contributed by atoms with Crippen LogP contribution in [0.3, 0.4) is 0 Å². The van der Waals surface area contributed by atoms with Gasteiger partial charge < -0.3 is 4.90 Å². The fourth-order valence-electron chi connectivity index (χ4n) is 2.04. The van der Waals surface area contributed by atoms with Gasteiger partial charge in [0.1, 0.15) is 0 Å². The predicted octanol–water partition coefficient (Wildman–Crippen LogP) is 3.22. The van der Waals surface area contributed by atoms with Crippen molar-refractivity contribution in [3.63, 3.8) is 0 Å². The van der Waals surface area contributed by atoms with Crippen molar-refractivity contribution < 1.29 is 4.79 Å². The van der Waals surface area contributed by atoms with Crippen LogP contribution in [-0.2, 0) is 0 Å². The van der Waals surface area contributed by atoms with Gasteiger partial charge in [-0.25, -0.2) is 5.43 Å². The Kier molecular flexibility index (Phi) is 4.94. The average Bonchev–Trinajstić information content (AvgIpc) is 2.52. The van der Waals surface area contributed by atoms with E-state index in [0.717, 1.165) is 22.5 Å². The van der Waals surface area contributed by atoms with E-state index in [-0.39, 0.29) is 5.91 Å². The lowest BCUT2D eigenvalue weighted by atomic mass is 10.1. The van der Waals surface area contributed by atoms with Crippen LogP contribution in [0.1, 0.15) is 28.4 Å². The van der Waals surface area contributed by atoms with Gasteiger partial charge in [0.15, 0.2) is 0 Å². The van der Waals surface area contributed by atoms with Crippen LogP contribution in [0, 0.1) is 6.92 Å². The molecule has 0 unspecified atom stereocenters. The molecule has 0 fully saturated rings. The summed E-state index contributed by atoms with van der Waals surface area (Å²) < 4.78 is 0. The highest BCUT2D eigenvalue weighted by Gasteiger charge is 2.05. The average molecular weight is 295 g/mol. The first-order valence-corrected chi connectivity index (χ1v) is 7.16. The van der Waals surface area contributed by atoms with Crippen LogP contribution in [0.4, 0.5) is 5.69 Å². The Morgan fingerprint density at radius 2 is 1.73 bits per heavy atom. The first-order chi connectivity index (χ1) is 10.5. The Morgan fingerprint density at radius 3 is 2.32 bits per heavy atom. The molecule has 0 aliphatic rings. The summed E-state index contributed by atoms with van der Waals surface area (Å²) >= 11 is 0. The zero-order valence-corrected chi connectivity index (χ0v) is 13.4. The molecule has 22 heavy (non-hydrogen) atoms. The summed E-state index contributed by atoms with van der Waals surface area (Å²) in [5.41, 5.74) is 7.19. The number of nitrogens with one attached hydrogen (secondary N) is 1. The van der Waals surface area contributed by atoms with Crippen molar-refractivity contribution in [2.75, 3.05) is 19.0 Å². The van der Waals surface area contributed by atoms with E-state index in [9.17, 15) is 4.79 Å². The smallest absolute Gasteiger partial charge is 0.271 e. The molecule has 0 aliphatic heterocycles. The second-order valence-corrected chi connectivity index (χ2v) is 5.45. The molecule has 0 saturated heterocycles. The lowest BCUT2D eigenvalue weighted by Crippen LogP contribution is -2.19. The van der Waals surface area contributed by atoms with Gasteiger partial charge in [-0.05, 0) is 43.7 Å². The number of rotatable bonds is 4. The SMILES string of the molecule is CC(=NNC(=O)c1ccc(N(C)C)cc1)c1cccc(C)c1. The van der Waals surface area contributed by atoms with Crippen LogP contribution in [-0.4, -0.2) is 25.7 Å². The van der Waals surface area contributed by atoms with Crippen molar-refractivity contribution >= 4 is 17.3 Å². The van der Waals surface area contributed by atoms with Gasteiger partial charge in [0.2, 0.25) is 0 Å². The molecule has 0 heterocycles. The molecule has 4 heteroatoms. The molecule has 1 amide bonds. The number of anilines is 1. The molecule has 0 radical (unpaired) electrons. The highest BCUT2D eigenvalue weighted by molar-refractivity contribution is 6.01. The minimum Gasteiger partial charge on any atom is -0.378 e. The fraction of sp³-hybridized carbons (Fsp3) is 0.222. The van der Waals surface area contributed by atoms with Gasteiger partial charge in [0.05, 0.1) is 5.71 Å². The van der Waals surface area contributed by atoms with Crippen LogP contribution in [0.2, 0.25) is 0 Å². The number of carbonyl (C=O) groups is 1. The van der Waals surface area contributed by atoms with Crippen molar-refractivity contribution in [2.45, 2.75) is 13.8 Å². The monoisotopic (exact) mass is 295 g/mol. The molecule has 0 saturated carbocycles. The van der Waals surface area contributed by atoms with E-state index in [0.29, 0.717) is 5.56 Å². The van der Waals surface area contributed by atoms with Crippen molar-refractivity contribution in [3.8, 4) is 0 Å². The Morgan fingerprint density at radius 1 is 1.05 bits per heavy atom. The van der Waals surface area contributed by atoms with Crippen LogP contribution in [0.25, 0.3) is 0 Å². The Bertz CT molecular complexity index is 688. The number of carbonyl (C=O) groups excluding carboxylic acids is 1. The van der Waals surface area contributed by atoms with Gasteiger partial charge in [-0.1, -0.05) is 29.8 Å². The van der Waals surface area contributed by atoms with Crippen LogP contribution >= 0.6 is 0 Å². The van der Waals surface area contributed by atoms with Crippen molar-refractivity contribution in [1.29, 1.82) is 0 Å². The zero-order valence-electron chi connectivity index (χ0n) is 13.4. The molecule has 114 valence electrons. The second kappa shape index (κ2) is 6.89. The largest absolute Gasteiger partial charge is 0.378 e. The van der Waals surface area contributed by atoms with Crippen LogP contribution in [0.5, 0.6) is 0 Å². The summed E-state index contributed by atoms with van der Waals surface area (Å²) in [6, 6.07) is 15.4. The number of nitrogens with zero attached hydrogens (tertiary/aromatic N) is 2. The summed E-state index contributed by atoms with van der Waals surface area (Å²) in [5, 5.41) is 4.18. The third-order valence-electron chi connectivity index (χ3n) is 3.41. The molecule has 0 atom stereocenters. The van der Waals surface area contributed by atoms with E-state index >= 15 is 0 Å². The van der Waals surface area contributed by atoms with E-state index in [4.69, 9.17) is 0 Å². The molecular weight excluding hydrogens is 274 g/mol. The van der Waals surface area contributed by atoms with Gasteiger partial charge in [-0.3, -0.25) is 4.79 Å². The first kappa shape index (κ1) is 15.8. The third kappa shape index (κ3) is 3.95. The lowest BCUT2D eigenvalue weighted by Gasteiger charge is -2.12. The number of amides is 1. The summed E-state index contributed by atoms with van der Waals surface area (Å²) in [6.45, 7) is 3.91. The van der Waals surface area contributed by atoms with E-state index in [2.05, 4.69) is 10.5 Å². The zero-order chi connectivity index (χ0) is 16.1. The molecular formula is C18H21N3O. The number of aryl methyl sites for hydroxylation is 1. The maximum Gasteiger partial charge on any atom is 0.271 e. The molecule has 1 N–H and O–H groups in total. The molecule has 0 aromatic heterocycles. The Labute approximate surface area is 131 Å². The molecule has 0 aliphatic carbocycles. The summed E-state index contributed by atoms with van der Waals surface area (Å²) in [7, 11) is 3.93. The number of hydrazone groups is 1. The van der Waals surface area contributed by atoms with Crippen molar-refractivity contribution in [3.05, 3.63) is 65.2 Å². The predicted molar refractivity (Wildman–Crippen MR) is 91.6 cm³/mol. The van der Waals surface area contributed by atoms with Crippen LogP contribution in [0.15, 0.2) is 53.6 Å². The summed E-state index contributed by atoms with van der Waals surface area (Å²) in [4.78, 5) is 14.1. The molecule has 2 aromatic carbocycles. The number of hydrogen-bond acceptors (Lipinski definition) is 3. The van der Waals surface area contributed by atoms with Gasteiger partial charge in [-0.2, -0.15) is 5.10 Å². The molecule has 0 bridgehead atoms. The van der Waals surface area contributed by atoms with Gasteiger partial charge in [0.25, 0.3) is 5.91 Å². The normalized spacial score (nSPS) is 11.2. The third-order valence-corrected chi connectivity index (χ3v) is 3.41. The first-order valence-electron chi connectivity index (χ1n) is 7.16. The summed E-state index contributed by atoms with van der Waals surface area (Å²) in [5.74, 6) is -0.211. The highest BCUT2D eigenvalue weighted by atomic mass is 16.2. The quantitative estimate of drug-likeness (QED) is 0.695. The van der Waals surface area contributed by atoms with E-state index in [1.54, 1.807) is 12.1 Å². The maximum absolute atomic E-state index is 12.1. The van der Waals surface area contributed by atoms with Gasteiger partial charge in [0, 0.05) is 25.3 Å². The second-order valence-electron chi connectivity index (χ2n) is 5.45. The molecule has 4 nitrogen and oxygen atoms in total. The van der Waals surface area contributed by atoms with Gasteiger partial charge in [-0.15, -0.1) is 0 Å². The standard InChI is InChI=1S/C18H21N3O/c1-13-6-5-7-16(12-13)14(2)19-20-18(22)15-8-10-17(11-9-15)21(3)4/h5-12H,1-4H3,(H,20,22). The minimum atomic E-state index is -0.211. The minimum absolute atomic E-state index is 0.211. The maximum atomic E-state index is 12.1. The van der Waals surface area contributed by atoms with Crippen molar-refractivity contribution in [2.24, 2.45) is 5.10 Å². The van der Waals surface area contributed by atoms with Gasteiger partial charge >= 0.3 is 0 Å². The molecule has 0 spiro atoms. The molecule has 2 aromatic rings. The van der Waals surface area contributed by atoms with Crippen molar-refractivity contribution in [1.82, 2.24) is 5.43 Å². The Hall–Kier alpha value is -2.62. The van der Waals surface area contributed by atoms with Crippen LogP contribution < -0.4 is 10.3 Å². The Balaban J connectivity index is 2.07. The summed E-state index contributed by atoms with van der Waals surface area (Å²) in [6.07, 6.45) is 0. The van der Waals surface area contributed by atoms with E-state index < -0.39 is 0 Å². The van der Waals surface area contributed by atoms with E-state index in [1.807, 2.05) is 69.2 Å². The topological polar surface area (TPSA) is 44.7 Å². The number of benzene rings is 2. The number of hydrogen-bond donors (Lipinski definition) is 1. The fourth-order valence-corrected chi connectivity index (χ4v) is 2.04.